The van der Waals surface area contributed by atoms with Crippen LogP contribution in [0.4, 0.5) is 0 Å². The van der Waals surface area contributed by atoms with Crippen LogP contribution in [-0.4, -0.2) is 36.5 Å². The Hall–Kier alpha value is -1.55. The maximum Gasteiger partial charge on any atom is 0.260 e. The summed E-state index contributed by atoms with van der Waals surface area (Å²) >= 11 is 0. The molecule has 1 amide bonds. The lowest BCUT2D eigenvalue weighted by molar-refractivity contribution is -0.134. The van der Waals surface area contributed by atoms with Crippen LogP contribution in [0.3, 0.4) is 0 Å². The first-order valence-electron chi connectivity index (χ1n) is 7.87. The molecule has 0 saturated carbocycles. The van der Waals surface area contributed by atoms with E-state index in [-0.39, 0.29) is 18.6 Å². The Morgan fingerprint density at radius 2 is 2.24 bits per heavy atom. The van der Waals surface area contributed by atoms with Gasteiger partial charge in [0.15, 0.2) is 6.61 Å². The zero-order valence-electron chi connectivity index (χ0n) is 13.0. The van der Waals surface area contributed by atoms with Gasteiger partial charge >= 0.3 is 0 Å². The molecule has 4 heteroatoms. The summed E-state index contributed by atoms with van der Waals surface area (Å²) in [6, 6.07) is 8.08. The highest BCUT2D eigenvalue weighted by atomic mass is 16.5. The molecule has 2 atom stereocenters. The van der Waals surface area contributed by atoms with Crippen molar-refractivity contribution in [1.82, 2.24) is 4.90 Å². The third kappa shape index (κ3) is 4.21. The first-order valence-corrected chi connectivity index (χ1v) is 7.87. The van der Waals surface area contributed by atoms with E-state index in [4.69, 9.17) is 10.5 Å². The number of nitrogens with zero attached hydrogens (tertiary/aromatic N) is 1. The predicted molar refractivity (Wildman–Crippen MR) is 84.4 cm³/mol. The van der Waals surface area contributed by atoms with Crippen molar-refractivity contribution in [3.63, 3.8) is 0 Å². The van der Waals surface area contributed by atoms with Crippen LogP contribution >= 0.6 is 0 Å². The lowest BCUT2D eigenvalue weighted by Gasteiger charge is -2.30. The van der Waals surface area contributed by atoms with Gasteiger partial charge in [0, 0.05) is 19.1 Å². The number of benzene rings is 1. The first-order chi connectivity index (χ1) is 10.1. The predicted octanol–water partition coefficient (Wildman–Crippen LogP) is 2.53. The summed E-state index contributed by atoms with van der Waals surface area (Å²) in [6.07, 6.45) is 3.03. The normalized spacial score (nSPS) is 20.1. The van der Waals surface area contributed by atoms with Crippen LogP contribution in [0.25, 0.3) is 0 Å². The number of nitrogens with two attached hydrogens (primary N) is 1. The van der Waals surface area contributed by atoms with Crippen molar-refractivity contribution in [2.45, 2.75) is 45.1 Å². The number of carbonyl (C=O) groups is 1. The summed E-state index contributed by atoms with van der Waals surface area (Å²) in [5.74, 6) is 1.28. The first kappa shape index (κ1) is 15.8. The minimum absolute atomic E-state index is 0.0316. The second-order valence-corrected chi connectivity index (χ2v) is 5.88. The molecule has 1 saturated heterocycles. The van der Waals surface area contributed by atoms with Crippen molar-refractivity contribution in [2.75, 3.05) is 19.7 Å². The third-order valence-electron chi connectivity index (χ3n) is 4.22. The fourth-order valence-corrected chi connectivity index (χ4v) is 2.71. The minimum atomic E-state index is 0.0316. The van der Waals surface area contributed by atoms with Crippen molar-refractivity contribution < 1.29 is 9.53 Å². The molecule has 1 aromatic rings. The molecule has 0 spiro atoms. The van der Waals surface area contributed by atoms with E-state index in [1.807, 2.05) is 23.1 Å². The van der Waals surface area contributed by atoms with E-state index >= 15 is 0 Å². The van der Waals surface area contributed by atoms with Crippen LogP contribution in [0.5, 0.6) is 5.75 Å². The number of carbonyl (C=O) groups excluding carboxylic acids is 1. The topological polar surface area (TPSA) is 55.6 Å². The fraction of sp³-hybridized carbons (Fsp3) is 0.588. The average Bonchev–Trinajstić information content (AvgIpc) is 2.52. The highest BCUT2D eigenvalue weighted by molar-refractivity contribution is 5.78. The van der Waals surface area contributed by atoms with Crippen LogP contribution in [0.2, 0.25) is 0 Å². The maximum absolute atomic E-state index is 12.2. The van der Waals surface area contributed by atoms with E-state index in [0.717, 1.165) is 31.6 Å². The summed E-state index contributed by atoms with van der Waals surface area (Å²) in [6.45, 7) is 5.87. The van der Waals surface area contributed by atoms with Crippen molar-refractivity contribution in [3.05, 3.63) is 29.8 Å². The molecule has 0 radical (unpaired) electrons. The molecule has 1 fully saturated rings. The van der Waals surface area contributed by atoms with Gasteiger partial charge in [-0.05, 0) is 36.8 Å². The van der Waals surface area contributed by atoms with Crippen LogP contribution < -0.4 is 10.5 Å². The lowest BCUT2D eigenvalue weighted by atomic mass is 9.98. The molecule has 0 bridgehead atoms. The Labute approximate surface area is 127 Å². The summed E-state index contributed by atoms with van der Waals surface area (Å²) in [5, 5.41) is 0. The number of piperidine rings is 1. The molecule has 4 nitrogen and oxygen atoms in total. The molecule has 2 rings (SSSR count). The summed E-state index contributed by atoms with van der Waals surface area (Å²) in [7, 11) is 0. The molecule has 21 heavy (non-hydrogen) atoms. The molecule has 2 N–H and O–H groups in total. The smallest absolute Gasteiger partial charge is 0.260 e. The van der Waals surface area contributed by atoms with Gasteiger partial charge < -0.3 is 15.4 Å². The summed E-state index contributed by atoms with van der Waals surface area (Å²) in [4.78, 5) is 14.0. The van der Waals surface area contributed by atoms with Gasteiger partial charge in [0.1, 0.15) is 5.75 Å². The molecule has 1 heterocycles. The van der Waals surface area contributed by atoms with Gasteiger partial charge in [-0.25, -0.2) is 0 Å². The van der Waals surface area contributed by atoms with Gasteiger partial charge in [-0.15, -0.1) is 0 Å². The van der Waals surface area contributed by atoms with Gasteiger partial charge in [0.2, 0.25) is 0 Å². The van der Waals surface area contributed by atoms with Crippen molar-refractivity contribution in [2.24, 2.45) is 5.73 Å². The second kappa shape index (κ2) is 7.46. The van der Waals surface area contributed by atoms with Gasteiger partial charge in [-0.3, -0.25) is 4.79 Å². The number of amides is 1. The van der Waals surface area contributed by atoms with E-state index < -0.39 is 0 Å². The van der Waals surface area contributed by atoms with Gasteiger partial charge in [-0.2, -0.15) is 0 Å². The Balaban J connectivity index is 1.95. The number of hydrogen-bond donors (Lipinski definition) is 1. The van der Waals surface area contributed by atoms with Gasteiger partial charge in [0.25, 0.3) is 5.91 Å². The standard InChI is InChI=1S/C17H26N2O2/c1-3-13(2)15-8-4-5-9-16(15)21-12-17(20)19-10-6-7-14(18)11-19/h4-5,8-9,13-14H,3,6-7,10-12,18H2,1-2H3. The van der Waals surface area contributed by atoms with Crippen LogP contribution in [0.1, 0.15) is 44.6 Å². The molecule has 116 valence electrons. The number of likely N-dealkylation sites (tertiary alicyclic amines) is 1. The van der Waals surface area contributed by atoms with Crippen LogP contribution in [-0.2, 0) is 4.79 Å². The minimum Gasteiger partial charge on any atom is -0.483 e. The highest BCUT2D eigenvalue weighted by Crippen LogP contribution is 2.28. The van der Waals surface area contributed by atoms with Crippen molar-refractivity contribution >= 4 is 5.91 Å². The molecule has 0 aromatic heterocycles. The molecule has 2 unspecified atom stereocenters. The van der Waals surface area contributed by atoms with E-state index in [1.54, 1.807) is 0 Å². The number of rotatable bonds is 5. The molecule has 0 aliphatic carbocycles. The van der Waals surface area contributed by atoms with Gasteiger partial charge in [0.05, 0.1) is 0 Å². The molecule has 1 aliphatic rings. The Morgan fingerprint density at radius 1 is 1.48 bits per heavy atom. The third-order valence-corrected chi connectivity index (χ3v) is 4.22. The SMILES string of the molecule is CCC(C)c1ccccc1OCC(=O)N1CCCC(N)C1. The van der Waals surface area contributed by atoms with Crippen molar-refractivity contribution in [1.29, 1.82) is 0 Å². The van der Waals surface area contributed by atoms with Crippen LogP contribution in [0, 0.1) is 0 Å². The highest BCUT2D eigenvalue weighted by Gasteiger charge is 2.21. The maximum atomic E-state index is 12.2. The van der Waals surface area contributed by atoms with Crippen molar-refractivity contribution in [3.8, 4) is 5.75 Å². The zero-order chi connectivity index (χ0) is 15.2. The second-order valence-electron chi connectivity index (χ2n) is 5.88. The largest absolute Gasteiger partial charge is 0.483 e. The van der Waals surface area contributed by atoms with E-state index in [1.165, 1.54) is 5.56 Å². The molecule has 1 aromatic carbocycles. The lowest BCUT2D eigenvalue weighted by Crippen LogP contribution is -2.47. The summed E-state index contributed by atoms with van der Waals surface area (Å²) < 4.78 is 5.78. The van der Waals surface area contributed by atoms with E-state index in [2.05, 4.69) is 19.9 Å². The number of para-hydroxylation sites is 1. The molecular formula is C17H26N2O2. The number of ether oxygens (including phenoxy) is 1. The zero-order valence-corrected chi connectivity index (χ0v) is 13.0. The average molecular weight is 290 g/mol. The Bertz CT molecular complexity index is 476. The fourth-order valence-electron chi connectivity index (χ4n) is 2.71. The Morgan fingerprint density at radius 3 is 2.95 bits per heavy atom. The molecule has 1 aliphatic heterocycles. The van der Waals surface area contributed by atoms with E-state index in [0.29, 0.717) is 12.5 Å². The van der Waals surface area contributed by atoms with Crippen LogP contribution in [0.15, 0.2) is 24.3 Å². The van der Waals surface area contributed by atoms with E-state index in [9.17, 15) is 4.79 Å². The number of hydrogen-bond acceptors (Lipinski definition) is 3. The monoisotopic (exact) mass is 290 g/mol. The van der Waals surface area contributed by atoms with Gasteiger partial charge in [-0.1, -0.05) is 32.0 Å². The molecular weight excluding hydrogens is 264 g/mol. The Kier molecular flexibility index (Phi) is 5.62. The quantitative estimate of drug-likeness (QED) is 0.906. The summed E-state index contributed by atoms with van der Waals surface area (Å²) in [5.41, 5.74) is 7.09.